The van der Waals surface area contributed by atoms with Gasteiger partial charge in [-0.3, -0.25) is 0 Å². The topological polar surface area (TPSA) is 50.4 Å². The Balaban J connectivity index is 1.74. The SMILES string of the molecule is Cc1ccc(C)c(OCCNC(=O)Nc2cccc(F)c2)c1. The van der Waals surface area contributed by atoms with Crippen LogP contribution in [-0.4, -0.2) is 19.2 Å². The third-order valence-electron chi connectivity index (χ3n) is 3.07. The standard InChI is InChI=1S/C17H19FN2O2/c1-12-6-7-13(2)16(10-12)22-9-8-19-17(21)20-15-5-3-4-14(18)11-15/h3-7,10-11H,8-9H2,1-2H3,(H2,19,20,21). The van der Waals surface area contributed by atoms with Gasteiger partial charge in [-0.2, -0.15) is 0 Å². The van der Waals surface area contributed by atoms with E-state index in [1.165, 1.54) is 18.2 Å². The quantitative estimate of drug-likeness (QED) is 0.828. The number of carbonyl (C=O) groups is 1. The molecule has 0 bridgehead atoms. The van der Waals surface area contributed by atoms with E-state index in [1.54, 1.807) is 6.07 Å². The van der Waals surface area contributed by atoms with Gasteiger partial charge in [0, 0.05) is 5.69 Å². The third-order valence-corrected chi connectivity index (χ3v) is 3.07. The molecule has 2 N–H and O–H groups in total. The molecule has 22 heavy (non-hydrogen) atoms. The fourth-order valence-corrected chi connectivity index (χ4v) is 1.93. The number of hydrogen-bond acceptors (Lipinski definition) is 2. The molecule has 2 rings (SSSR count). The molecule has 2 aromatic rings. The van der Waals surface area contributed by atoms with Crippen molar-refractivity contribution < 1.29 is 13.9 Å². The molecular formula is C17H19FN2O2. The predicted octanol–water partition coefficient (Wildman–Crippen LogP) is 3.64. The Hall–Kier alpha value is -2.56. The van der Waals surface area contributed by atoms with Gasteiger partial charge in [0.2, 0.25) is 0 Å². The Morgan fingerprint density at radius 1 is 1.18 bits per heavy atom. The van der Waals surface area contributed by atoms with E-state index in [9.17, 15) is 9.18 Å². The molecule has 0 unspecified atom stereocenters. The molecule has 0 atom stereocenters. The van der Waals surface area contributed by atoms with Crippen molar-refractivity contribution in [3.05, 3.63) is 59.4 Å². The van der Waals surface area contributed by atoms with Gasteiger partial charge in [-0.05, 0) is 49.2 Å². The lowest BCUT2D eigenvalue weighted by Crippen LogP contribution is -2.32. The average Bonchev–Trinajstić information content (AvgIpc) is 2.47. The highest BCUT2D eigenvalue weighted by Gasteiger charge is 2.03. The van der Waals surface area contributed by atoms with E-state index in [0.717, 1.165) is 16.9 Å². The van der Waals surface area contributed by atoms with Crippen molar-refractivity contribution in [1.82, 2.24) is 5.32 Å². The summed E-state index contributed by atoms with van der Waals surface area (Å²) >= 11 is 0. The van der Waals surface area contributed by atoms with Crippen LogP contribution in [0.4, 0.5) is 14.9 Å². The highest BCUT2D eigenvalue weighted by atomic mass is 19.1. The molecule has 116 valence electrons. The highest BCUT2D eigenvalue weighted by molar-refractivity contribution is 5.89. The number of rotatable bonds is 5. The summed E-state index contributed by atoms with van der Waals surface area (Å²) in [6.45, 7) is 4.69. The number of amides is 2. The van der Waals surface area contributed by atoms with Crippen LogP contribution in [0.2, 0.25) is 0 Å². The summed E-state index contributed by atoms with van der Waals surface area (Å²) in [4.78, 5) is 11.7. The smallest absolute Gasteiger partial charge is 0.319 e. The molecule has 0 spiro atoms. The van der Waals surface area contributed by atoms with Crippen molar-refractivity contribution in [3.8, 4) is 5.75 Å². The molecule has 0 heterocycles. The van der Waals surface area contributed by atoms with Crippen molar-refractivity contribution >= 4 is 11.7 Å². The summed E-state index contributed by atoms with van der Waals surface area (Å²) in [6, 6.07) is 11.3. The lowest BCUT2D eigenvalue weighted by Gasteiger charge is -2.11. The summed E-state index contributed by atoms with van der Waals surface area (Å²) in [5.74, 6) is 0.420. The number of benzene rings is 2. The van der Waals surface area contributed by atoms with Gasteiger partial charge in [0.25, 0.3) is 0 Å². The minimum Gasteiger partial charge on any atom is -0.491 e. The van der Waals surface area contributed by atoms with Gasteiger partial charge in [0.1, 0.15) is 18.2 Å². The van der Waals surface area contributed by atoms with Crippen LogP contribution in [-0.2, 0) is 0 Å². The first-order valence-corrected chi connectivity index (χ1v) is 7.05. The first kappa shape index (κ1) is 15.8. The van der Waals surface area contributed by atoms with E-state index in [4.69, 9.17) is 4.74 Å². The summed E-state index contributed by atoms with van der Waals surface area (Å²) in [5.41, 5.74) is 2.58. The molecule has 0 aliphatic heterocycles. The average molecular weight is 302 g/mol. The molecule has 2 aromatic carbocycles. The first-order chi connectivity index (χ1) is 10.5. The molecule has 0 saturated heterocycles. The third kappa shape index (κ3) is 4.77. The van der Waals surface area contributed by atoms with E-state index in [0.29, 0.717) is 18.8 Å². The summed E-state index contributed by atoms with van der Waals surface area (Å²) < 4.78 is 18.6. The molecule has 0 fully saturated rings. The van der Waals surface area contributed by atoms with Crippen LogP contribution in [0.3, 0.4) is 0 Å². The fourth-order valence-electron chi connectivity index (χ4n) is 1.93. The second-order valence-electron chi connectivity index (χ2n) is 5.01. The normalized spacial score (nSPS) is 10.1. The van der Waals surface area contributed by atoms with Crippen LogP contribution in [0.5, 0.6) is 5.75 Å². The van der Waals surface area contributed by atoms with Crippen LogP contribution < -0.4 is 15.4 Å². The van der Waals surface area contributed by atoms with Gasteiger partial charge in [-0.25, -0.2) is 9.18 Å². The Morgan fingerprint density at radius 3 is 2.77 bits per heavy atom. The van der Waals surface area contributed by atoms with Gasteiger partial charge >= 0.3 is 6.03 Å². The van der Waals surface area contributed by atoms with E-state index >= 15 is 0 Å². The second kappa shape index (κ2) is 7.45. The maximum absolute atomic E-state index is 13.0. The minimum atomic E-state index is -0.393. The number of urea groups is 1. The Morgan fingerprint density at radius 2 is 2.00 bits per heavy atom. The van der Waals surface area contributed by atoms with Crippen molar-refractivity contribution in [2.75, 3.05) is 18.5 Å². The fraction of sp³-hybridized carbons (Fsp3) is 0.235. The summed E-state index contributed by atoms with van der Waals surface area (Å²) in [7, 11) is 0. The number of ether oxygens (including phenoxy) is 1. The van der Waals surface area contributed by atoms with Crippen molar-refractivity contribution in [3.63, 3.8) is 0 Å². The van der Waals surface area contributed by atoms with Crippen LogP contribution in [0.15, 0.2) is 42.5 Å². The van der Waals surface area contributed by atoms with Crippen LogP contribution in [0, 0.1) is 19.7 Å². The van der Waals surface area contributed by atoms with E-state index < -0.39 is 11.8 Å². The van der Waals surface area contributed by atoms with Gasteiger partial charge in [0.05, 0.1) is 6.54 Å². The maximum Gasteiger partial charge on any atom is 0.319 e. The summed E-state index contributed by atoms with van der Waals surface area (Å²) in [5, 5.41) is 5.21. The molecular weight excluding hydrogens is 283 g/mol. The lowest BCUT2D eigenvalue weighted by atomic mass is 10.1. The molecule has 0 aromatic heterocycles. The van der Waals surface area contributed by atoms with Crippen molar-refractivity contribution in [2.24, 2.45) is 0 Å². The van der Waals surface area contributed by atoms with Gasteiger partial charge in [0.15, 0.2) is 0 Å². The number of nitrogens with one attached hydrogen (secondary N) is 2. The maximum atomic E-state index is 13.0. The number of carbonyl (C=O) groups excluding carboxylic acids is 1. The van der Waals surface area contributed by atoms with Gasteiger partial charge in [-0.15, -0.1) is 0 Å². The van der Waals surface area contributed by atoms with Crippen molar-refractivity contribution in [1.29, 1.82) is 0 Å². The Bertz CT molecular complexity index is 659. The molecule has 0 saturated carbocycles. The predicted molar refractivity (Wildman–Crippen MR) is 84.8 cm³/mol. The zero-order valence-electron chi connectivity index (χ0n) is 12.7. The number of aryl methyl sites for hydroxylation is 2. The van der Waals surface area contributed by atoms with E-state index in [1.807, 2.05) is 32.0 Å². The molecule has 5 heteroatoms. The van der Waals surface area contributed by atoms with Gasteiger partial charge < -0.3 is 15.4 Å². The molecule has 2 amide bonds. The minimum absolute atomic E-state index is 0.356. The lowest BCUT2D eigenvalue weighted by molar-refractivity contribution is 0.247. The molecule has 0 aliphatic rings. The molecule has 4 nitrogen and oxygen atoms in total. The van der Waals surface area contributed by atoms with E-state index in [2.05, 4.69) is 10.6 Å². The first-order valence-electron chi connectivity index (χ1n) is 7.05. The zero-order valence-corrected chi connectivity index (χ0v) is 12.7. The highest BCUT2D eigenvalue weighted by Crippen LogP contribution is 2.18. The molecule has 0 aliphatic carbocycles. The van der Waals surface area contributed by atoms with Crippen molar-refractivity contribution in [2.45, 2.75) is 13.8 Å². The monoisotopic (exact) mass is 302 g/mol. The Kier molecular flexibility index (Phi) is 5.36. The second-order valence-corrected chi connectivity index (χ2v) is 5.01. The summed E-state index contributed by atoms with van der Waals surface area (Å²) in [6.07, 6.45) is 0. The Labute approximate surface area is 129 Å². The van der Waals surface area contributed by atoms with Gasteiger partial charge in [-0.1, -0.05) is 18.2 Å². The molecule has 0 radical (unpaired) electrons. The number of halogens is 1. The van der Waals surface area contributed by atoms with E-state index in [-0.39, 0.29) is 0 Å². The van der Waals surface area contributed by atoms with Crippen LogP contribution >= 0.6 is 0 Å². The largest absolute Gasteiger partial charge is 0.491 e. The van der Waals surface area contributed by atoms with Crippen LogP contribution in [0.25, 0.3) is 0 Å². The van der Waals surface area contributed by atoms with Crippen LogP contribution in [0.1, 0.15) is 11.1 Å². The zero-order chi connectivity index (χ0) is 15.9. The number of anilines is 1. The number of hydrogen-bond donors (Lipinski definition) is 2.